The lowest BCUT2D eigenvalue weighted by Gasteiger charge is -2.09. The van der Waals surface area contributed by atoms with Crippen LogP contribution in [0.1, 0.15) is 31.7 Å². The number of hydrogen-bond acceptors (Lipinski definition) is 1. The third-order valence-electron chi connectivity index (χ3n) is 4.04. The van der Waals surface area contributed by atoms with Gasteiger partial charge in [0.2, 0.25) is 0 Å². The van der Waals surface area contributed by atoms with E-state index in [1.54, 1.807) is 0 Å². The van der Waals surface area contributed by atoms with Crippen molar-refractivity contribution in [2.75, 3.05) is 0 Å². The van der Waals surface area contributed by atoms with E-state index in [2.05, 4.69) is 80.6 Å². The molecule has 2 aromatic carbocycles. The average molecular weight is 292 g/mol. The first-order valence-electron chi connectivity index (χ1n) is 7.53. The standard InChI is InChI=1S/C20H20S/c1-3-15(2)16-9-11-18(12-10-16)20-14-13-19(21-20)17-7-5-4-6-8-17/h4-15H,3H2,1-2H3/t15-/m1/s1. The summed E-state index contributed by atoms with van der Waals surface area (Å²) in [5.74, 6) is 0.641. The van der Waals surface area contributed by atoms with Gasteiger partial charge in [-0.3, -0.25) is 0 Å². The molecular weight excluding hydrogens is 272 g/mol. The predicted octanol–water partition coefficient (Wildman–Crippen LogP) is 6.60. The summed E-state index contributed by atoms with van der Waals surface area (Å²) in [5, 5.41) is 0. The Morgan fingerprint density at radius 1 is 0.762 bits per heavy atom. The van der Waals surface area contributed by atoms with Gasteiger partial charge in [-0.25, -0.2) is 0 Å². The van der Waals surface area contributed by atoms with E-state index in [0.29, 0.717) is 5.92 Å². The molecule has 0 saturated carbocycles. The molecule has 0 unspecified atom stereocenters. The van der Waals surface area contributed by atoms with Crippen LogP contribution in [0.4, 0.5) is 0 Å². The maximum absolute atomic E-state index is 2.29. The molecule has 1 atom stereocenters. The van der Waals surface area contributed by atoms with Crippen LogP contribution in [0.15, 0.2) is 66.7 Å². The fourth-order valence-electron chi connectivity index (χ4n) is 2.46. The number of benzene rings is 2. The van der Waals surface area contributed by atoms with E-state index in [-0.39, 0.29) is 0 Å². The molecule has 0 nitrogen and oxygen atoms in total. The molecule has 1 heteroatoms. The Kier molecular flexibility index (Phi) is 4.21. The van der Waals surface area contributed by atoms with E-state index < -0.39 is 0 Å². The Bertz CT molecular complexity index is 692. The molecule has 0 bridgehead atoms. The molecule has 21 heavy (non-hydrogen) atoms. The molecule has 3 rings (SSSR count). The van der Waals surface area contributed by atoms with Gasteiger partial charge < -0.3 is 0 Å². The SMILES string of the molecule is CC[C@@H](C)c1ccc(-c2ccc(-c3ccccc3)s2)cc1. The quantitative estimate of drug-likeness (QED) is 0.508. The summed E-state index contributed by atoms with van der Waals surface area (Å²) in [5.41, 5.74) is 4.04. The zero-order valence-electron chi connectivity index (χ0n) is 12.5. The van der Waals surface area contributed by atoms with E-state index in [0.717, 1.165) is 0 Å². The highest BCUT2D eigenvalue weighted by atomic mass is 32.1. The smallest absolute Gasteiger partial charge is 0.0349 e. The number of thiophene rings is 1. The van der Waals surface area contributed by atoms with Crippen molar-refractivity contribution in [2.24, 2.45) is 0 Å². The van der Waals surface area contributed by atoms with Gasteiger partial charge in [0, 0.05) is 9.75 Å². The second-order valence-electron chi connectivity index (χ2n) is 5.46. The van der Waals surface area contributed by atoms with E-state index >= 15 is 0 Å². The van der Waals surface area contributed by atoms with Crippen molar-refractivity contribution < 1.29 is 0 Å². The van der Waals surface area contributed by atoms with Crippen molar-refractivity contribution in [3.63, 3.8) is 0 Å². The molecule has 0 N–H and O–H groups in total. The highest BCUT2D eigenvalue weighted by Gasteiger charge is 2.06. The summed E-state index contributed by atoms with van der Waals surface area (Å²) in [6.07, 6.45) is 1.19. The first-order chi connectivity index (χ1) is 10.3. The zero-order valence-corrected chi connectivity index (χ0v) is 13.4. The van der Waals surface area contributed by atoms with Crippen LogP contribution in [0, 0.1) is 0 Å². The minimum atomic E-state index is 0.641. The lowest BCUT2D eigenvalue weighted by molar-refractivity contribution is 0.734. The minimum absolute atomic E-state index is 0.641. The van der Waals surface area contributed by atoms with Crippen molar-refractivity contribution in [3.05, 3.63) is 72.3 Å². The summed E-state index contributed by atoms with van der Waals surface area (Å²) in [6.45, 7) is 4.53. The molecule has 0 fully saturated rings. The fourth-order valence-corrected chi connectivity index (χ4v) is 3.48. The summed E-state index contributed by atoms with van der Waals surface area (Å²) in [7, 11) is 0. The van der Waals surface area contributed by atoms with E-state index in [9.17, 15) is 0 Å². The maximum Gasteiger partial charge on any atom is 0.0349 e. The van der Waals surface area contributed by atoms with Crippen molar-refractivity contribution in [3.8, 4) is 20.9 Å². The highest BCUT2D eigenvalue weighted by Crippen LogP contribution is 2.34. The molecule has 0 saturated heterocycles. The van der Waals surface area contributed by atoms with Crippen LogP contribution in [0.2, 0.25) is 0 Å². The van der Waals surface area contributed by atoms with Gasteiger partial charge in [-0.2, -0.15) is 0 Å². The molecule has 0 aliphatic carbocycles. The monoisotopic (exact) mass is 292 g/mol. The summed E-state index contributed by atoms with van der Waals surface area (Å²) < 4.78 is 0. The summed E-state index contributed by atoms with van der Waals surface area (Å²) in [4.78, 5) is 2.67. The summed E-state index contributed by atoms with van der Waals surface area (Å²) >= 11 is 1.86. The average Bonchev–Trinajstić information content (AvgIpc) is 3.05. The Morgan fingerprint density at radius 3 is 1.90 bits per heavy atom. The minimum Gasteiger partial charge on any atom is -0.135 e. The van der Waals surface area contributed by atoms with Gasteiger partial charge in [-0.1, -0.05) is 68.4 Å². The van der Waals surface area contributed by atoms with Gasteiger partial charge in [0.1, 0.15) is 0 Å². The molecule has 1 aromatic heterocycles. The second-order valence-corrected chi connectivity index (χ2v) is 6.55. The molecule has 0 radical (unpaired) electrons. The molecule has 1 heterocycles. The van der Waals surface area contributed by atoms with E-state index in [1.807, 2.05) is 11.3 Å². The zero-order chi connectivity index (χ0) is 14.7. The molecule has 0 aliphatic heterocycles. The van der Waals surface area contributed by atoms with Gasteiger partial charge in [0.05, 0.1) is 0 Å². The molecule has 0 aliphatic rings. The Balaban J connectivity index is 1.86. The van der Waals surface area contributed by atoms with Crippen molar-refractivity contribution in [1.82, 2.24) is 0 Å². The van der Waals surface area contributed by atoms with Crippen molar-refractivity contribution in [2.45, 2.75) is 26.2 Å². The first kappa shape index (κ1) is 14.1. The van der Waals surface area contributed by atoms with Crippen LogP contribution in [0.5, 0.6) is 0 Å². The lowest BCUT2D eigenvalue weighted by Crippen LogP contribution is -1.90. The predicted molar refractivity (Wildman–Crippen MR) is 93.9 cm³/mol. The lowest BCUT2D eigenvalue weighted by atomic mass is 9.97. The molecule has 0 amide bonds. The van der Waals surface area contributed by atoms with Crippen LogP contribution >= 0.6 is 11.3 Å². The molecule has 3 aromatic rings. The fraction of sp³-hybridized carbons (Fsp3) is 0.200. The Labute approximate surface area is 131 Å². The third kappa shape index (κ3) is 3.08. The highest BCUT2D eigenvalue weighted by molar-refractivity contribution is 7.18. The van der Waals surface area contributed by atoms with Gasteiger partial charge in [0.15, 0.2) is 0 Å². The van der Waals surface area contributed by atoms with Crippen molar-refractivity contribution >= 4 is 11.3 Å². The van der Waals surface area contributed by atoms with Gasteiger partial charge in [-0.05, 0) is 41.2 Å². The molecule has 106 valence electrons. The topological polar surface area (TPSA) is 0 Å². The van der Waals surface area contributed by atoms with Crippen LogP contribution < -0.4 is 0 Å². The van der Waals surface area contributed by atoms with Crippen LogP contribution in [0.3, 0.4) is 0 Å². The van der Waals surface area contributed by atoms with Gasteiger partial charge in [0.25, 0.3) is 0 Å². The van der Waals surface area contributed by atoms with Gasteiger partial charge >= 0.3 is 0 Å². The Hall–Kier alpha value is -1.86. The molecule has 0 spiro atoms. The molecular formula is C20H20S. The van der Waals surface area contributed by atoms with Crippen LogP contribution in [-0.4, -0.2) is 0 Å². The second kappa shape index (κ2) is 6.28. The van der Waals surface area contributed by atoms with E-state index in [4.69, 9.17) is 0 Å². The Morgan fingerprint density at radius 2 is 1.33 bits per heavy atom. The van der Waals surface area contributed by atoms with Crippen LogP contribution in [0.25, 0.3) is 20.9 Å². The number of rotatable bonds is 4. The van der Waals surface area contributed by atoms with Gasteiger partial charge in [-0.15, -0.1) is 11.3 Å². The van der Waals surface area contributed by atoms with E-state index in [1.165, 1.54) is 32.9 Å². The summed E-state index contributed by atoms with van der Waals surface area (Å²) in [6, 6.07) is 24.1. The largest absolute Gasteiger partial charge is 0.135 e. The third-order valence-corrected chi connectivity index (χ3v) is 5.22. The van der Waals surface area contributed by atoms with Crippen LogP contribution in [-0.2, 0) is 0 Å². The van der Waals surface area contributed by atoms with Crippen molar-refractivity contribution in [1.29, 1.82) is 0 Å². The maximum atomic E-state index is 2.29. The first-order valence-corrected chi connectivity index (χ1v) is 8.35. The normalized spacial score (nSPS) is 12.3. The number of hydrogen-bond donors (Lipinski definition) is 0.